The Morgan fingerprint density at radius 2 is 2.40 bits per heavy atom. The van der Waals surface area contributed by atoms with Crippen LogP contribution in [0.3, 0.4) is 0 Å². The van der Waals surface area contributed by atoms with Crippen molar-refractivity contribution in [2.24, 2.45) is 5.92 Å². The number of rotatable bonds is 6. The van der Waals surface area contributed by atoms with Crippen LogP contribution in [0.5, 0.6) is 0 Å². The van der Waals surface area contributed by atoms with E-state index in [1.165, 1.54) is 6.42 Å². The normalized spacial score (nSPS) is 20.5. The van der Waals surface area contributed by atoms with Crippen molar-refractivity contribution in [3.63, 3.8) is 0 Å². The molecule has 15 heavy (non-hydrogen) atoms. The largest absolute Gasteiger partial charge is 0.345 e. The van der Waals surface area contributed by atoms with Crippen LogP contribution in [0, 0.1) is 5.92 Å². The van der Waals surface area contributed by atoms with Crippen LogP contribution in [0.1, 0.15) is 19.3 Å². The van der Waals surface area contributed by atoms with Crippen LogP contribution >= 0.6 is 11.8 Å². The molecule has 4 heteroatoms. The highest BCUT2D eigenvalue weighted by molar-refractivity contribution is 7.98. The van der Waals surface area contributed by atoms with E-state index in [-0.39, 0.29) is 0 Å². The first-order valence-electron chi connectivity index (χ1n) is 5.67. The Hall–Kier alpha value is -0.220. The number of carbonyl (C=O) groups is 1. The summed E-state index contributed by atoms with van der Waals surface area (Å²) in [7, 11) is 1.91. The van der Waals surface area contributed by atoms with Gasteiger partial charge in [-0.1, -0.05) is 0 Å². The summed E-state index contributed by atoms with van der Waals surface area (Å²) in [6, 6.07) is 0. The van der Waals surface area contributed by atoms with E-state index in [4.69, 9.17) is 0 Å². The Morgan fingerprint density at radius 3 is 3.00 bits per heavy atom. The van der Waals surface area contributed by atoms with Gasteiger partial charge in [-0.3, -0.25) is 4.79 Å². The van der Waals surface area contributed by atoms with Crippen molar-refractivity contribution in [1.29, 1.82) is 0 Å². The van der Waals surface area contributed by atoms with Gasteiger partial charge >= 0.3 is 0 Å². The van der Waals surface area contributed by atoms with Gasteiger partial charge in [-0.2, -0.15) is 11.8 Å². The Kier molecular flexibility index (Phi) is 6.10. The molecule has 1 amide bonds. The average molecular weight is 230 g/mol. The lowest BCUT2D eigenvalue weighted by molar-refractivity contribution is -0.129. The minimum atomic E-state index is 0.302. The number of thioether (sulfide) groups is 1. The maximum Gasteiger partial charge on any atom is 0.222 e. The molecule has 0 aliphatic carbocycles. The van der Waals surface area contributed by atoms with Crippen LogP contribution in [0.15, 0.2) is 0 Å². The van der Waals surface area contributed by atoms with Crippen molar-refractivity contribution in [1.82, 2.24) is 10.2 Å². The molecule has 0 aromatic rings. The van der Waals surface area contributed by atoms with Gasteiger partial charge in [0.1, 0.15) is 0 Å². The Bertz CT molecular complexity index is 193. The van der Waals surface area contributed by atoms with Crippen molar-refractivity contribution >= 4 is 17.7 Å². The summed E-state index contributed by atoms with van der Waals surface area (Å²) in [6.07, 6.45) is 5.08. The number of hydrogen-bond donors (Lipinski definition) is 1. The van der Waals surface area contributed by atoms with Crippen LogP contribution in [-0.4, -0.2) is 49.5 Å². The average Bonchev–Trinajstić information content (AvgIpc) is 2.75. The summed E-state index contributed by atoms with van der Waals surface area (Å²) in [4.78, 5) is 13.6. The van der Waals surface area contributed by atoms with E-state index in [1.807, 2.05) is 11.9 Å². The molecule has 1 heterocycles. The van der Waals surface area contributed by atoms with Crippen molar-refractivity contribution in [3.05, 3.63) is 0 Å². The van der Waals surface area contributed by atoms with Gasteiger partial charge in [-0.05, 0) is 38.1 Å². The molecule has 0 radical (unpaired) electrons. The van der Waals surface area contributed by atoms with Crippen LogP contribution in [0.4, 0.5) is 0 Å². The second-order valence-corrected chi connectivity index (χ2v) is 5.19. The third-order valence-electron chi connectivity index (χ3n) is 2.99. The molecule has 1 unspecified atom stereocenters. The zero-order valence-corrected chi connectivity index (χ0v) is 10.6. The van der Waals surface area contributed by atoms with E-state index in [2.05, 4.69) is 11.6 Å². The minimum absolute atomic E-state index is 0.302. The lowest BCUT2D eigenvalue weighted by atomic mass is 10.0. The molecule has 1 fully saturated rings. The highest BCUT2D eigenvalue weighted by Gasteiger charge is 2.16. The molecule has 3 nitrogen and oxygen atoms in total. The van der Waals surface area contributed by atoms with Crippen molar-refractivity contribution in [2.75, 3.05) is 38.7 Å². The molecule has 1 aliphatic heterocycles. The molecule has 0 spiro atoms. The van der Waals surface area contributed by atoms with Gasteiger partial charge in [0.15, 0.2) is 0 Å². The summed E-state index contributed by atoms with van der Waals surface area (Å²) >= 11 is 1.79. The van der Waals surface area contributed by atoms with Crippen LogP contribution in [0.2, 0.25) is 0 Å². The predicted octanol–water partition coefficient (Wildman–Crippen LogP) is 1.20. The minimum Gasteiger partial charge on any atom is -0.345 e. The van der Waals surface area contributed by atoms with Gasteiger partial charge in [0.25, 0.3) is 0 Å². The quantitative estimate of drug-likeness (QED) is 0.744. The van der Waals surface area contributed by atoms with Gasteiger partial charge in [0.2, 0.25) is 5.91 Å². The summed E-state index contributed by atoms with van der Waals surface area (Å²) < 4.78 is 0. The third kappa shape index (κ3) is 4.89. The molecule has 1 saturated heterocycles. The summed E-state index contributed by atoms with van der Waals surface area (Å²) in [6.45, 7) is 3.10. The highest BCUT2D eigenvalue weighted by atomic mass is 32.2. The molecule has 1 aliphatic rings. The van der Waals surface area contributed by atoms with Crippen molar-refractivity contribution in [3.8, 4) is 0 Å². The molecule has 1 rings (SSSR count). The number of amides is 1. The first-order valence-corrected chi connectivity index (χ1v) is 7.07. The lowest BCUT2D eigenvalue weighted by Gasteiger charge is -2.17. The molecule has 1 N–H and O–H groups in total. The number of hydrogen-bond acceptors (Lipinski definition) is 3. The molecule has 1 atom stereocenters. The van der Waals surface area contributed by atoms with E-state index in [9.17, 15) is 4.79 Å². The molecule has 0 aromatic heterocycles. The standard InChI is InChI=1S/C11H22N2OS/c1-13(7-8-15-2)11(14)4-3-10-5-6-12-9-10/h10,12H,3-9H2,1-2H3. The Balaban J connectivity index is 2.11. The van der Waals surface area contributed by atoms with Crippen LogP contribution in [-0.2, 0) is 4.79 Å². The summed E-state index contributed by atoms with van der Waals surface area (Å²) in [5.74, 6) is 2.06. The maximum absolute atomic E-state index is 11.7. The van der Waals surface area contributed by atoms with E-state index in [1.54, 1.807) is 11.8 Å². The fourth-order valence-electron chi connectivity index (χ4n) is 1.83. The van der Waals surface area contributed by atoms with Gasteiger partial charge in [-0.15, -0.1) is 0 Å². The lowest BCUT2D eigenvalue weighted by Crippen LogP contribution is -2.29. The third-order valence-corrected chi connectivity index (χ3v) is 3.58. The maximum atomic E-state index is 11.7. The predicted molar refractivity (Wildman–Crippen MR) is 66.2 cm³/mol. The summed E-state index contributed by atoms with van der Waals surface area (Å²) in [5.41, 5.74) is 0. The van der Waals surface area contributed by atoms with Crippen molar-refractivity contribution in [2.45, 2.75) is 19.3 Å². The smallest absolute Gasteiger partial charge is 0.222 e. The van der Waals surface area contributed by atoms with Crippen LogP contribution in [0.25, 0.3) is 0 Å². The van der Waals surface area contributed by atoms with E-state index >= 15 is 0 Å². The van der Waals surface area contributed by atoms with E-state index in [0.29, 0.717) is 5.91 Å². The zero-order valence-electron chi connectivity index (χ0n) is 9.79. The fraction of sp³-hybridized carbons (Fsp3) is 0.909. The van der Waals surface area contributed by atoms with Gasteiger partial charge < -0.3 is 10.2 Å². The molecule has 0 saturated carbocycles. The molecular formula is C11H22N2OS. The zero-order chi connectivity index (χ0) is 11.1. The Morgan fingerprint density at radius 1 is 1.60 bits per heavy atom. The van der Waals surface area contributed by atoms with Crippen LogP contribution < -0.4 is 5.32 Å². The molecule has 0 bridgehead atoms. The second-order valence-electron chi connectivity index (χ2n) is 4.21. The fourth-order valence-corrected chi connectivity index (χ4v) is 2.29. The summed E-state index contributed by atoms with van der Waals surface area (Å²) in [5, 5.41) is 3.33. The van der Waals surface area contributed by atoms with Gasteiger partial charge in [0.05, 0.1) is 0 Å². The topological polar surface area (TPSA) is 32.3 Å². The van der Waals surface area contributed by atoms with E-state index < -0.39 is 0 Å². The second kappa shape index (κ2) is 7.12. The van der Waals surface area contributed by atoms with Gasteiger partial charge in [0, 0.05) is 25.8 Å². The highest BCUT2D eigenvalue weighted by Crippen LogP contribution is 2.14. The molecule has 0 aromatic carbocycles. The molecule has 88 valence electrons. The van der Waals surface area contributed by atoms with Gasteiger partial charge in [-0.25, -0.2) is 0 Å². The first-order chi connectivity index (χ1) is 7.24. The monoisotopic (exact) mass is 230 g/mol. The Labute approximate surface area is 97.0 Å². The SMILES string of the molecule is CSCCN(C)C(=O)CCC1CCNC1. The number of carbonyl (C=O) groups excluding carboxylic acids is 1. The van der Waals surface area contributed by atoms with E-state index in [0.717, 1.165) is 44.1 Å². The number of nitrogens with one attached hydrogen (secondary N) is 1. The first kappa shape index (κ1) is 12.8. The molecular weight excluding hydrogens is 208 g/mol. The van der Waals surface area contributed by atoms with Crippen molar-refractivity contribution < 1.29 is 4.79 Å². The number of nitrogens with zero attached hydrogens (tertiary/aromatic N) is 1.